The third-order valence-corrected chi connectivity index (χ3v) is 4.19. The summed E-state index contributed by atoms with van der Waals surface area (Å²) in [5, 5.41) is 0. The van der Waals surface area contributed by atoms with E-state index in [2.05, 4.69) is 0 Å². The number of hydrogen-bond donors (Lipinski definition) is 0. The maximum atomic E-state index is 12.6. The molecule has 22 heavy (non-hydrogen) atoms. The number of nitrogens with zero attached hydrogens (tertiary/aromatic N) is 2. The maximum absolute atomic E-state index is 12.6. The van der Waals surface area contributed by atoms with Gasteiger partial charge in [0.05, 0.1) is 12.5 Å². The summed E-state index contributed by atoms with van der Waals surface area (Å²) in [6.45, 7) is 5.04. The van der Waals surface area contributed by atoms with E-state index in [0.717, 1.165) is 5.56 Å². The van der Waals surface area contributed by atoms with Crippen LogP contribution in [0.25, 0.3) is 0 Å². The van der Waals surface area contributed by atoms with Crippen LogP contribution in [0.1, 0.15) is 25.8 Å². The predicted octanol–water partition coefficient (Wildman–Crippen LogP) is 1.68. The molecule has 0 aliphatic carbocycles. The minimum Gasteiger partial charge on any atom is -0.342 e. The second-order valence-electron chi connectivity index (χ2n) is 5.79. The molecular weight excluding hydrogens is 280 g/mol. The summed E-state index contributed by atoms with van der Waals surface area (Å²) in [5.74, 6) is -0.369. The van der Waals surface area contributed by atoms with Crippen LogP contribution >= 0.6 is 0 Å². The number of amides is 3. The van der Waals surface area contributed by atoms with Gasteiger partial charge in [0.1, 0.15) is 0 Å². The van der Waals surface area contributed by atoms with Gasteiger partial charge in [0, 0.05) is 19.5 Å². The Hall–Kier alpha value is -2.17. The standard InChI is InChI=1S/C17H22N2O3/c1-3-16(21)18-9-13(2)15(11-18)17(22)19(12-20)10-14-7-5-4-6-8-14/h4-8,12-13,15H,3,9-11H2,1-2H3. The summed E-state index contributed by atoms with van der Waals surface area (Å²) in [6, 6.07) is 9.42. The van der Waals surface area contributed by atoms with Gasteiger partial charge in [0.15, 0.2) is 0 Å². The molecule has 1 aromatic carbocycles. The van der Waals surface area contributed by atoms with Gasteiger partial charge in [-0.15, -0.1) is 0 Å². The van der Waals surface area contributed by atoms with Gasteiger partial charge in [-0.1, -0.05) is 44.2 Å². The highest BCUT2D eigenvalue weighted by atomic mass is 16.2. The molecule has 1 fully saturated rings. The topological polar surface area (TPSA) is 57.7 Å². The van der Waals surface area contributed by atoms with E-state index in [1.54, 1.807) is 4.90 Å². The van der Waals surface area contributed by atoms with Crippen molar-refractivity contribution in [2.24, 2.45) is 11.8 Å². The molecule has 1 aliphatic heterocycles. The van der Waals surface area contributed by atoms with E-state index in [1.807, 2.05) is 44.2 Å². The van der Waals surface area contributed by atoms with Crippen LogP contribution < -0.4 is 0 Å². The Morgan fingerprint density at radius 1 is 1.27 bits per heavy atom. The summed E-state index contributed by atoms with van der Waals surface area (Å²) in [7, 11) is 0. The first-order chi connectivity index (χ1) is 10.6. The fraction of sp³-hybridized carbons (Fsp3) is 0.471. The Kier molecular flexibility index (Phi) is 5.31. The molecule has 1 saturated heterocycles. The molecule has 2 unspecified atom stereocenters. The summed E-state index contributed by atoms with van der Waals surface area (Å²) < 4.78 is 0. The number of benzene rings is 1. The van der Waals surface area contributed by atoms with Gasteiger partial charge >= 0.3 is 0 Å². The van der Waals surface area contributed by atoms with Gasteiger partial charge in [-0.2, -0.15) is 0 Å². The molecule has 2 atom stereocenters. The molecule has 3 amide bonds. The van der Waals surface area contributed by atoms with Crippen molar-refractivity contribution in [1.82, 2.24) is 9.80 Å². The van der Waals surface area contributed by atoms with E-state index in [0.29, 0.717) is 25.9 Å². The van der Waals surface area contributed by atoms with Crippen LogP contribution in [0.15, 0.2) is 30.3 Å². The largest absolute Gasteiger partial charge is 0.342 e. The van der Waals surface area contributed by atoms with E-state index < -0.39 is 0 Å². The monoisotopic (exact) mass is 302 g/mol. The third-order valence-electron chi connectivity index (χ3n) is 4.19. The first-order valence-electron chi connectivity index (χ1n) is 7.64. The van der Waals surface area contributed by atoms with Crippen LogP contribution in [-0.4, -0.2) is 41.1 Å². The summed E-state index contributed by atoms with van der Waals surface area (Å²) in [5.41, 5.74) is 0.912. The molecule has 2 rings (SSSR count). The predicted molar refractivity (Wildman–Crippen MR) is 82.6 cm³/mol. The van der Waals surface area contributed by atoms with Crippen LogP contribution in [0.5, 0.6) is 0 Å². The second-order valence-corrected chi connectivity index (χ2v) is 5.79. The Balaban J connectivity index is 2.05. The molecule has 1 aliphatic rings. The zero-order valence-corrected chi connectivity index (χ0v) is 13.1. The normalized spacial score (nSPS) is 20.7. The number of imide groups is 1. The van der Waals surface area contributed by atoms with Crippen molar-refractivity contribution in [3.63, 3.8) is 0 Å². The van der Waals surface area contributed by atoms with Crippen molar-refractivity contribution in [3.05, 3.63) is 35.9 Å². The minimum absolute atomic E-state index is 0.0582. The quantitative estimate of drug-likeness (QED) is 0.778. The van der Waals surface area contributed by atoms with Crippen LogP contribution in [0.2, 0.25) is 0 Å². The molecule has 5 heteroatoms. The average molecular weight is 302 g/mol. The number of likely N-dealkylation sites (tertiary alicyclic amines) is 1. The van der Waals surface area contributed by atoms with Crippen molar-refractivity contribution in [1.29, 1.82) is 0 Å². The van der Waals surface area contributed by atoms with Crippen molar-refractivity contribution in [2.75, 3.05) is 13.1 Å². The van der Waals surface area contributed by atoms with Gasteiger partial charge in [0.2, 0.25) is 18.2 Å². The Morgan fingerprint density at radius 2 is 1.95 bits per heavy atom. The molecule has 1 aromatic rings. The van der Waals surface area contributed by atoms with Crippen molar-refractivity contribution >= 4 is 18.2 Å². The molecule has 0 bridgehead atoms. The van der Waals surface area contributed by atoms with Crippen LogP contribution in [0, 0.1) is 11.8 Å². The third kappa shape index (κ3) is 3.53. The molecule has 0 saturated carbocycles. The van der Waals surface area contributed by atoms with E-state index >= 15 is 0 Å². The Bertz CT molecular complexity index is 544. The van der Waals surface area contributed by atoms with E-state index in [4.69, 9.17) is 0 Å². The molecule has 0 aromatic heterocycles. The SMILES string of the molecule is CCC(=O)N1CC(C)C(C(=O)N(C=O)Cc2ccccc2)C1. The lowest BCUT2D eigenvalue weighted by atomic mass is 9.96. The smallest absolute Gasteiger partial charge is 0.234 e. The zero-order chi connectivity index (χ0) is 16.1. The van der Waals surface area contributed by atoms with Crippen LogP contribution in [-0.2, 0) is 20.9 Å². The Morgan fingerprint density at radius 3 is 2.55 bits per heavy atom. The first-order valence-corrected chi connectivity index (χ1v) is 7.64. The van der Waals surface area contributed by atoms with Crippen molar-refractivity contribution < 1.29 is 14.4 Å². The second kappa shape index (κ2) is 7.20. The van der Waals surface area contributed by atoms with Gasteiger partial charge < -0.3 is 4.90 Å². The van der Waals surface area contributed by atoms with Crippen molar-refractivity contribution in [3.8, 4) is 0 Å². The van der Waals surface area contributed by atoms with Gasteiger partial charge in [-0.05, 0) is 11.5 Å². The lowest BCUT2D eigenvalue weighted by Crippen LogP contribution is -2.38. The van der Waals surface area contributed by atoms with Gasteiger partial charge in [-0.3, -0.25) is 19.3 Å². The molecule has 118 valence electrons. The average Bonchev–Trinajstić information content (AvgIpc) is 2.94. The first kappa shape index (κ1) is 16.2. The van der Waals surface area contributed by atoms with E-state index in [-0.39, 0.29) is 30.2 Å². The highest BCUT2D eigenvalue weighted by molar-refractivity contribution is 5.89. The Labute approximate surface area is 130 Å². The van der Waals surface area contributed by atoms with Gasteiger partial charge in [-0.25, -0.2) is 0 Å². The maximum Gasteiger partial charge on any atom is 0.234 e. The number of carbonyl (C=O) groups excluding carboxylic acids is 3. The summed E-state index contributed by atoms with van der Waals surface area (Å²) in [6.07, 6.45) is 1.03. The number of rotatable bonds is 5. The lowest BCUT2D eigenvalue weighted by molar-refractivity contribution is -0.142. The zero-order valence-electron chi connectivity index (χ0n) is 13.1. The van der Waals surface area contributed by atoms with E-state index in [9.17, 15) is 14.4 Å². The molecular formula is C17H22N2O3. The minimum atomic E-state index is -0.301. The number of hydrogen-bond acceptors (Lipinski definition) is 3. The van der Waals surface area contributed by atoms with Gasteiger partial charge in [0.25, 0.3) is 0 Å². The molecule has 0 spiro atoms. The fourth-order valence-corrected chi connectivity index (χ4v) is 2.88. The van der Waals surface area contributed by atoms with E-state index in [1.165, 1.54) is 4.90 Å². The summed E-state index contributed by atoms with van der Waals surface area (Å²) in [4.78, 5) is 38.6. The van der Waals surface area contributed by atoms with Crippen LogP contribution in [0.4, 0.5) is 0 Å². The fourth-order valence-electron chi connectivity index (χ4n) is 2.88. The van der Waals surface area contributed by atoms with Crippen LogP contribution in [0.3, 0.4) is 0 Å². The van der Waals surface area contributed by atoms with Crippen molar-refractivity contribution in [2.45, 2.75) is 26.8 Å². The molecule has 5 nitrogen and oxygen atoms in total. The number of carbonyl (C=O) groups is 3. The molecule has 0 N–H and O–H groups in total. The lowest BCUT2D eigenvalue weighted by Gasteiger charge is -2.21. The summed E-state index contributed by atoms with van der Waals surface area (Å²) >= 11 is 0. The highest BCUT2D eigenvalue weighted by Gasteiger charge is 2.38. The molecule has 1 heterocycles. The highest BCUT2D eigenvalue weighted by Crippen LogP contribution is 2.25. The molecule has 0 radical (unpaired) electrons.